The minimum absolute atomic E-state index is 0.0260. The molecule has 0 bridgehead atoms. The summed E-state index contributed by atoms with van der Waals surface area (Å²) in [6, 6.07) is 9.47. The minimum Gasteiger partial charge on any atom is -0.497 e. The number of benzene rings is 1. The van der Waals surface area contributed by atoms with Crippen molar-refractivity contribution in [2.24, 2.45) is 0 Å². The molecule has 1 amide bonds. The number of aryl methyl sites for hydroxylation is 1. The molecule has 1 unspecified atom stereocenters. The van der Waals surface area contributed by atoms with Gasteiger partial charge in [0, 0.05) is 31.5 Å². The molecule has 0 aliphatic rings. The van der Waals surface area contributed by atoms with Crippen LogP contribution in [0.2, 0.25) is 0 Å². The van der Waals surface area contributed by atoms with Gasteiger partial charge < -0.3 is 14.1 Å². The number of ether oxygens (including phenoxy) is 1. The van der Waals surface area contributed by atoms with Crippen molar-refractivity contribution in [1.29, 1.82) is 5.26 Å². The van der Waals surface area contributed by atoms with Crippen LogP contribution in [-0.4, -0.2) is 36.0 Å². The Kier molecular flexibility index (Phi) is 5.96. The van der Waals surface area contributed by atoms with Gasteiger partial charge in [0.25, 0.3) is 0 Å². The molecule has 2 aromatic rings. The summed E-state index contributed by atoms with van der Waals surface area (Å²) in [7, 11) is 3.33. The lowest BCUT2D eigenvalue weighted by atomic mass is 10.2. The monoisotopic (exact) mass is 327 g/mol. The van der Waals surface area contributed by atoms with Crippen LogP contribution in [0, 0.1) is 11.3 Å². The predicted octanol–water partition coefficient (Wildman–Crippen LogP) is 3.04. The van der Waals surface area contributed by atoms with Gasteiger partial charge in [-0.1, -0.05) is 0 Å². The zero-order valence-electron chi connectivity index (χ0n) is 14.2. The number of carbonyl (C=O) groups excluding carboxylic acids is 1. The average molecular weight is 327 g/mol. The van der Waals surface area contributed by atoms with Crippen LogP contribution in [-0.2, 0) is 11.2 Å². The van der Waals surface area contributed by atoms with Crippen LogP contribution in [0.3, 0.4) is 0 Å². The lowest BCUT2D eigenvalue weighted by molar-refractivity contribution is -0.131. The van der Waals surface area contributed by atoms with Gasteiger partial charge >= 0.3 is 0 Å². The van der Waals surface area contributed by atoms with Crippen LogP contribution in [0.15, 0.2) is 34.9 Å². The van der Waals surface area contributed by atoms with E-state index in [0.717, 1.165) is 11.3 Å². The van der Waals surface area contributed by atoms with Gasteiger partial charge in [-0.15, -0.1) is 0 Å². The summed E-state index contributed by atoms with van der Waals surface area (Å²) in [5.41, 5.74) is 0.903. The molecule has 0 aliphatic heterocycles. The molecule has 0 saturated carbocycles. The van der Waals surface area contributed by atoms with E-state index in [2.05, 4.69) is 11.1 Å². The molecule has 1 heterocycles. The van der Waals surface area contributed by atoms with Gasteiger partial charge in [-0.25, -0.2) is 4.98 Å². The second kappa shape index (κ2) is 8.16. The third-order valence-corrected chi connectivity index (χ3v) is 3.92. The van der Waals surface area contributed by atoms with Crippen molar-refractivity contribution < 1.29 is 13.9 Å². The Bertz CT molecular complexity index is 716. The fourth-order valence-corrected chi connectivity index (χ4v) is 2.22. The van der Waals surface area contributed by atoms with Crippen molar-refractivity contribution in [3.05, 3.63) is 36.4 Å². The van der Waals surface area contributed by atoms with E-state index in [1.54, 1.807) is 25.3 Å². The molecule has 0 radical (unpaired) electrons. The molecule has 1 aromatic carbocycles. The van der Waals surface area contributed by atoms with Crippen LogP contribution in [0.1, 0.15) is 25.7 Å². The Balaban J connectivity index is 1.94. The van der Waals surface area contributed by atoms with Crippen molar-refractivity contribution in [3.63, 3.8) is 0 Å². The van der Waals surface area contributed by atoms with E-state index < -0.39 is 0 Å². The summed E-state index contributed by atoms with van der Waals surface area (Å²) < 4.78 is 10.8. The van der Waals surface area contributed by atoms with Gasteiger partial charge in [0.1, 0.15) is 5.75 Å². The Morgan fingerprint density at radius 1 is 1.42 bits per heavy atom. The molecule has 0 spiro atoms. The maximum absolute atomic E-state index is 12.1. The van der Waals surface area contributed by atoms with Gasteiger partial charge in [-0.05, 0) is 31.2 Å². The number of hydrogen-bond donors (Lipinski definition) is 0. The van der Waals surface area contributed by atoms with E-state index in [1.807, 2.05) is 31.2 Å². The summed E-state index contributed by atoms with van der Waals surface area (Å²) in [5.74, 6) is 1.93. The molecule has 0 aliphatic carbocycles. The van der Waals surface area contributed by atoms with Crippen molar-refractivity contribution in [3.8, 4) is 23.1 Å². The molecular weight excluding hydrogens is 306 g/mol. The van der Waals surface area contributed by atoms with Crippen LogP contribution < -0.4 is 4.74 Å². The third kappa shape index (κ3) is 4.35. The molecule has 24 heavy (non-hydrogen) atoms. The van der Waals surface area contributed by atoms with Gasteiger partial charge in [0.15, 0.2) is 11.7 Å². The van der Waals surface area contributed by atoms with Gasteiger partial charge in [0.05, 0.1) is 25.8 Å². The van der Waals surface area contributed by atoms with Crippen molar-refractivity contribution >= 4 is 5.91 Å². The summed E-state index contributed by atoms with van der Waals surface area (Å²) >= 11 is 0. The molecule has 0 saturated heterocycles. The Labute approximate surface area is 141 Å². The lowest BCUT2D eigenvalue weighted by Crippen LogP contribution is -2.34. The zero-order chi connectivity index (χ0) is 17.5. The fraction of sp³-hybridized carbons (Fsp3) is 0.389. The minimum atomic E-state index is -0.0954. The standard InChI is InChI=1S/C18H21N3O3/c1-13(10-11-19)21(2)18(22)9-8-17-20-12-16(24-17)14-4-6-15(23-3)7-5-14/h4-7,12-13H,8-10H2,1-3H3. The third-order valence-electron chi connectivity index (χ3n) is 3.92. The molecule has 6 heteroatoms. The first-order valence-electron chi connectivity index (χ1n) is 7.77. The first kappa shape index (κ1) is 17.5. The van der Waals surface area contributed by atoms with Crippen LogP contribution in [0.25, 0.3) is 11.3 Å². The number of carbonyl (C=O) groups is 1. The van der Waals surface area contributed by atoms with Gasteiger partial charge in [0.2, 0.25) is 5.91 Å². The number of rotatable bonds is 7. The first-order chi connectivity index (χ1) is 11.5. The molecule has 1 atom stereocenters. The van der Waals surface area contributed by atoms with Crippen LogP contribution in [0.5, 0.6) is 5.75 Å². The highest BCUT2D eigenvalue weighted by molar-refractivity contribution is 5.76. The number of aromatic nitrogens is 1. The number of oxazole rings is 1. The van der Waals surface area contributed by atoms with Crippen molar-refractivity contribution in [1.82, 2.24) is 9.88 Å². The quantitative estimate of drug-likeness (QED) is 0.781. The second-order valence-corrected chi connectivity index (χ2v) is 5.56. The number of methoxy groups -OCH3 is 1. The Morgan fingerprint density at radius 3 is 2.75 bits per heavy atom. The molecule has 1 aromatic heterocycles. The highest BCUT2D eigenvalue weighted by Gasteiger charge is 2.16. The Hall–Kier alpha value is -2.81. The number of nitriles is 1. The summed E-state index contributed by atoms with van der Waals surface area (Å²) in [5, 5.41) is 8.70. The summed E-state index contributed by atoms with van der Waals surface area (Å²) in [4.78, 5) is 17.9. The normalized spacial score (nSPS) is 11.6. The number of hydrogen-bond acceptors (Lipinski definition) is 5. The summed E-state index contributed by atoms with van der Waals surface area (Å²) in [6.45, 7) is 1.86. The van der Waals surface area contributed by atoms with E-state index in [0.29, 0.717) is 30.9 Å². The first-order valence-corrected chi connectivity index (χ1v) is 7.77. The lowest BCUT2D eigenvalue weighted by Gasteiger charge is -2.22. The van der Waals surface area contributed by atoms with Gasteiger partial charge in [-0.2, -0.15) is 5.26 Å². The van der Waals surface area contributed by atoms with E-state index in [4.69, 9.17) is 14.4 Å². The molecule has 126 valence electrons. The van der Waals surface area contributed by atoms with E-state index in [9.17, 15) is 4.79 Å². The topological polar surface area (TPSA) is 79.4 Å². The molecular formula is C18H21N3O3. The number of nitrogens with zero attached hydrogens (tertiary/aromatic N) is 3. The van der Waals surface area contributed by atoms with E-state index >= 15 is 0 Å². The average Bonchev–Trinajstić information content (AvgIpc) is 3.08. The highest BCUT2D eigenvalue weighted by atomic mass is 16.5. The number of amides is 1. The van der Waals surface area contributed by atoms with E-state index in [1.165, 1.54) is 0 Å². The molecule has 6 nitrogen and oxygen atoms in total. The predicted molar refractivity (Wildman–Crippen MR) is 89.3 cm³/mol. The van der Waals surface area contributed by atoms with Crippen LogP contribution in [0.4, 0.5) is 0 Å². The largest absolute Gasteiger partial charge is 0.497 e. The zero-order valence-corrected chi connectivity index (χ0v) is 14.2. The highest BCUT2D eigenvalue weighted by Crippen LogP contribution is 2.23. The second-order valence-electron chi connectivity index (χ2n) is 5.56. The maximum atomic E-state index is 12.1. The Morgan fingerprint density at radius 2 is 2.12 bits per heavy atom. The molecule has 0 fully saturated rings. The summed E-state index contributed by atoms with van der Waals surface area (Å²) in [6.07, 6.45) is 2.71. The fourth-order valence-electron chi connectivity index (χ4n) is 2.22. The van der Waals surface area contributed by atoms with Crippen molar-refractivity contribution in [2.45, 2.75) is 32.2 Å². The van der Waals surface area contributed by atoms with Crippen LogP contribution >= 0.6 is 0 Å². The van der Waals surface area contributed by atoms with Gasteiger partial charge in [-0.3, -0.25) is 4.79 Å². The molecule has 2 rings (SSSR count). The molecule has 0 N–H and O–H groups in total. The smallest absolute Gasteiger partial charge is 0.223 e. The van der Waals surface area contributed by atoms with E-state index in [-0.39, 0.29) is 11.9 Å². The maximum Gasteiger partial charge on any atom is 0.223 e. The van der Waals surface area contributed by atoms with Crippen molar-refractivity contribution in [2.75, 3.05) is 14.2 Å². The SMILES string of the molecule is COc1ccc(-c2cnc(CCC(=O)N(C)C(C)CC#N)o2)cc1.